The van der Waals surface area contributed by atoms with Gasteiger partial charge in [-0.3, -0.25) is 4.79 Å². The van der Waals surface area contributed by atoms with Gasteiger partial charge in [0.25, 0.3) is 5.91 Å². The molecule has 0 atom stereocenters. The van der Waals surface area contributed by atoms with E-state index in [0.717, 1.165) is 22.9 Å². The highest BCUT2D eigenvalue weighted by Crippen LogP contribution is 2.36. The zero-order chi connectivity index (χ0) is 23.3. The number of alkyl halides is 3. The molecule has 2 fully saturated rings. The first-order valence-corrected chi connectivity index (χ1v) is 12.6. The average Bonchev–Trinajstić information content (AvgIpc) is 3.12. The zero-order valence-electron chi connectivity index (χ0n) is 18.1. The van der Waals surface area contributed by atoms with E-state index in [-0.39, 0.29) is 11.4 Å². The molecule has 2 saturated heterocycles. The largest absolute Gasteiger partial charge is 0.436 e. The number of hydrogen-bond donors (Lipinski definition) is 0. The molecule has 0 bridgehead atoms. The Labute approximate surface area is 185 Å². The number of rotatable bonds is 3. The van der Waals surface area contributed by atoms with Gasteiger partial charge >= 0.3 is 6.18 Å². The summed E-state index contributed by atoms with van der Waals surface area (Å²) in [4.78, 5) is 14.7. The number of carbonyl (C=O) groups excluding carboxylic acids is 1. The number of carbonyl (C=O) groups is 1. The van der Waals surface area contributed by atoms with Crippen molar-refractivity contribution in [3.63, 3.8) is 0 Å². The predicted molar refractivity (Wildman–Crippen MR) is 113 cm³/mol. The molecule has 2 aliphatic rings. The number of aromatic nitrogens is 2. The summed E-state index contributed by atoms with van der Waals surface area (Å²) in [5.41, 5.74) is -0.628. The summed E-state index contributed by atoms with van der Waals surface area (Å²) in [5.74, 6) is -0.196. The molecule has 2 aliphatic heterocycles. The van der Waals surface area contributed by atoms with E-state index in [9.17, 15) is 26.4 Å². The molecule has 4 rings (SSSR count). The minimum absolute atomic E-state index is 0.000949. The van der Waals surface area contributed by atoms with Crippen LogP contribution in [0.2, 0.25) is 0 Å². The minimum Gasteiger partial charge on any atom is -0.338 e. The van der Waals surface area contributed by atoms with Crippen molar-refractivity contribution in [2.45, 2.75) is 44.7 Å². The highest BCUT2D eigenvalue weighted by atomic mass is 32.2. The lowest BCUT2D eigenvalue weighted by Gasteiger charge is -2.31. The molecule has 1 amide bonds. The van der Waals surface area contributed by atoms with E-state index in [1.54, 1.807) is 12.1 Å². The number of halogens is 3. The molecule has 0 aromatic carbocycles. The summed E-state index contributed by atoms with van der Waals surface area (Å²) >= 11 is 0. The fourth-order valence-electron chi connectivity index (χ4n) is 4.62. The molecule has 11 heteroatoms. The summed E-state index contributed by atoms with van der Waals surface area (Å²) in [5, 5.41) is 3.70. The number of fused-ring (bicyclic) bond motifs is 1. The molecule has 0 saturated carbocycles. The number of likely N-dealkylation sites (tertiary alicyclic amines) is 1. The van der Waals surface area contributed by atoms with Gasteiger partial charge in [-0.2, -0.15) is 18.3 Å². The van der Waals surface area contributed by atoms with Crippen molar-refractivity contribution in [1.29, 1.82) is 0 Å². The maximum absolute atomic E-state index is 13.8. The van der Waals surface area contributed by atoms with Crippen LogP contribution in [0.3, 0.4) is 0 Å². The molecule has 0 spiro atoms. The number of pyridine rings is 1. The van der Waals surface area contributed by atoms with E-state index in [2.05, 4.69) is 12.0 Å². The Balaban J connectivity index is 1.69. The molecule has 0 N–H and O–H groups in total. The molecule has 32 heavy (non-hydrogen) atoms. The third-order valence-corrected chi connectivity index (χ3v) is 7.91. The second kappa shape index (κ2) is 8.33. The van der Waals surface area contributed by atoms with Gasteiger partial charge in [-0.25, -0.2) is 17.2 Å². The third kappa shape index (κ3) is 4.50. The number of amides is 1. The van der Waals surface area contributed by atoms with Gasteiger partial charge in [0, 0.05) is 32.4 Å². The lowest BCUT2D eigenvalue weighted by atomic mass is 9.90. The van der Waals surface area contributed by atoms with Crippen LogP contribution in [-0.2, 0) is 16.2 Å². The normalized spacial score (nSPS) is 20.2. The Kier molecular flexibility index (Phi) is 6.00. The Bertz CT molecular complexity index is 1110. The summed E-state index contributed by atoms with van der Waals surface area (Å²) in [7, 11) is -3.27. The number of hydrogen-bond acceptors (Lipinski definition) is 4. The SMILES string of the molecule is CC1CCN(C(=O)c2c(C(F)(F)F)nn3ccc(C4CCN(S(C)(=O)=O)CC4)cc23)CC1. The fourth-order valence-corrected chi connectivity index (χ4v) is 5.49. The van der Waals surface area contributed by atoms with Crippen LogP contribution >= 0.6 is 0 Å². The van der Waals surface area contributed by atoms with Gasteiger partial charge < -0.3 is 4.90 Å². The van der Waals surface area contributed by atoms with Gasteiger partial charge in [-0.05, 0) is 55.2 Å². The molecule has 176 valence electrons. The first-order chi connectivity index (χ1) is 14.9. The van der Waals surface area contributed by atoms with Crippen LogP contribution < -0.4 is 0 Å². The van der Waals surface area contributed by atoms with Crippen molar-refractivity contribution in [3.8, 4) is 0 Å². The summed E-state index contributed by atoms with van der Waals surface area (Å²) in [6.07, 6.45) is 0.531. The first kappa shape index (κ1) is 23.0. The van der Waals surface area contributed by atoms with Gasteiger partial charge in [-0.1, -0.05) is 6.92 Å². The first-order valence-electron chi connectivity index (χ1n) is 10.8. The molecular formula is C21H27F3N4O3S. The monoisotopic (exact) mass is 472 g/mol. The molecule has 0 radical (unpaired) electrons. The topological polar surface area (TPSA) is 75.0 Å². The van der Waals surface area contributed by atoms with Crippen molar-refractivity contribution in [2.75, 3.05) is 32.4 Å². The predicted octanol–water partition coefficient (Wildman–Crippen LogP) is 3.36. The van der Waals surface area contributed by atoms with E-state index < -0.39 is 33.4 Å². The maximum Gasteiger partial charge on any atom is 0.436 e. The van der Waals surface area contributed by atoms with Crippen LogP contribution in [0.15, 0.2) is 18.3 Å². The lowest BCUT2D eigenvalue weighted by molar-refractivity contribution is -0.141. The van der Waals surface area contributed by atoms with Crippen molar-refractivity contribution < 1.29 is 26.4 Å². The van der Waals surface area contributed by atoms with Gasteiger partial charge in [0.2, 0.25) is 10.0 Å². The second-order valence-corrected chi connectivity index (χ2v) is 10.9. The molecular weight excluding hydrogens is 445 g/mol. The van der Waals surface area contributed by atoms with Crippen LogP contribution in [0.4, 0.5) is 13.2 Å². The Morgan fingerprint density at radius 3 is 2.28 bits per heavy atom. The Morgan fingerprint density at radius 1 is 1.09 bits per heavy atom. The molecule has 0 aliphatic carbocycles. The van der Waals surface area contributed by atoms with E-state index in [4.69, 9.17) is 0 Å². The molecule has 4 heterocycles. The number of piperidine rings is 2. The van der Waals surface area contributed by atoms with E-state index in [0.29, 0.717) is 44.9 Å². The summed E-state index contributed by atoms with van der Waals surface area (Å²) < 4.78 is 67.4. The third-order valence-electron chi connectivity index (χ3n) is 6.61. The zero-order valence-corrected chi connectivity index (χ0v) is 18.9. The van der Waals surface area contributed by atoms with Crippen molar-refractivity contribution in [1.82, 2.24) is 18.8 Å². The minimum atomic E-state index is -4.75. The van der Waals surface area contributed by atoms with E-state index in [1.165, 1.54) is 21.7 Å². The average molecular weight is 473 g/mol. The van der Waals surface area contributed by atoms with Crippen LogP contribution in [0, 0.1) is 5.92 Å². The number of nitrogens with zero attached hydrogens (tertiary/aromatic N) is 4. The van der Waals surface area contributed by atoms with Crippen LogP contribution in [0.1, 0.15) is 60.1 Å². The van der Waals surface area contributed by atoms with E-state index in [1.807, 2.05) is 0 Å². The summed E-state index contributed by atoms with van der Waals surface area (Å²) in [6, 6.07) is 3.32. The molecule has 7 nitrogen and oxygen atoms in total. The quantitative estimate of drug-likeness (QED) is 0.687. The second-order valence-electron chi connectivity index (χ2n) is 8.92. The van der Waals surface area contributed by atoms with E-state index >= 15 is 0 Å². The van der Waals surface area contributed by atoms with Crippen molar-refractivity contribution in [2.24, 2.45) is 5.92 Å². The number of sulfonamides is 1. The van der Waals surface area contributed by atoms with Crippen molar-refractivity contribution in [3.05, 3.63) is 35.2 Å². The molecule has 0 unspecified atom stereocenters. The van der Waals surface area contributed by atoms with Gasteiger partial charge in [0.1, 0.15) is 0 Å². The fraction of sp³-hybridized carbons (Fsp3) is 0.619. The Hall–Kier alpha value is -2.14. The standard InChI is InChI=1S/C21H27F3N4O3S/c1-14-3-8-26(9-4-14)20(29)18-17-13-16(7-12-28(17)25-19(18)21(22,23)24)15-5-10-27(11-6-15)32(2,30)31/h7,12-15H,3-6,8-11H2,1-2H3. The lowest BCUT2D eigenvalue weighted by Crippen LogP contribution is -2.38. The highest BCUT2D eigenvalue weighted by Gasteiger charge is 2.41. The van der Waals surface area contributed by atoms with Gasteiger partial charge in [0.15, 0.2) is 5.69 Å². The highest BCUT2D eigenvalue weighted by molar-refractivity contribution is 7.88. The van der Waals surface area contributed by atoms with Gasteiger partial charge in [-0.15, -0.1) is 0 Å². The Morgan fingerprint density at radius 2 is 1.72 bits per heavy atom. The smallest absolute Gasteiger partial charge is 0.338 e. The molecule has 2 aromatic heterocycles. The van der Waals surface area contributed by atoms with Crippen LogP contribution in [-0.4, -0.2) is 65.6 Å². The molecule has 2 aromatic rings. The maximum atomic E-state index is 13.8. The van der Waals surface area contributed by atoms with Crippen LogP contribution in [0.25, 0.3) is 5.52 Å². The van der Waals surface area contributed by atoms with Gasteiger partial charge in [0.05, 0.1) is 17.3 Å². The summed E-state index contributed by atoms with van der Waals surface area (Å²) in [6.45, 7) is 3.65. The van der Waals surface area contributed by atoms with Crippen molar-refractivity contribution >= 4 is 21.4 Å². The van der Waals surface area contributed by atoms with Crippen LogP contribution in [0.5, 0.6) is 0 Å².